The molecule has 3 rings (SSSR count). The molecule has 0 spiro atoms. The van der Waals surface area contributed by atoms with Crippen molar-refractivity contribution in [1.29, 1.82) is 0 Å². The first-order valence-corrected chi connectivity index (χ1v) is 8.87. The zero-order valence-electron chi connectivity index (χ0n) is 13.5. The van der Waals surface area contributed by atoms with Gasteiger partial charge in [-0.3, -0.25) is 4.90 Å². The second kappa shape index (κ2) is 7.31. The van der Waals surface area contributed by atoms with Crippen LogP contribution in [-0.2, 0) is 6.54 Å². The number of hydrogen-bond acceptors (Lipinski definition) is 2. The molecule has 1 saturated heterocycles. The highest BCUT2D eigenvalue weighted by Crippen LogP contribution is 2.25. The van der Waals surface area contributed by atoms with Crippen molar-refractivity contribution in [3.8, 4) is 0 Å². The lowest BCUT2D eigenvalue weighted by Crippen LogP contribution is -2.19. The van der Waals surface area contributed by atoms with Gasteiger partial charge in [-0.05, 0) is 68.8 Å². The number of rotatable bonds is 4. The summed E-state index contributed by atoms with van der Waals surface area (Å²) in [4.78, 5) is 2.56. The third-order valence-corrected chi connectivity index (χ3v) is 5.19. The largest absolute Gasteiger partial charge is 0.382 e. The van der Waals surface area contributed by atoms with Crippen LogP contribution >= 0.6 is 0 Å². The molecule has 2 fully saturated rings. The lowest BCUT2D eigenvalue weighted by molar-refractivity contribution is 0.331. The summed E-state index contributed by atoms with van der Waals surface area (Å²) in [6.07, 6.45) is 9.58. The molecule has 1 heterocycles. The van der Waals surface area contributed by atoms with Gasteiger partial charge in [-0.2, -0.15) is 0 Å². The Kier molecular flexibility index (Phi) is 5.18. The average molecular weight is 286 g/mol. The van der Waals surface area contributed by atoms with E-state index < -0.39 is 0 Å². The van der Waals surface area contributed by atoms with Crippen LogP contribution in [0.5, 0.6) is 0 Å². The first-order chi connectivity index (χ1) is 10.3. The predicted octanol–water partition coefficient (Wildman–Crippen LogP) is 4.66. The Hall–Kier alpha value is -1.02. The highest BCUT2D eigenvalue weighted by atomic mass is 15.1. The van der Waals surface area contributed by atoms with Gasteiger partial charge in [0.2, 0.25) is 0 Å². The summed E-state index contributed by atoms with van der Waals surface area (Å²) in [5, 5.41) is 3.75. The van der Waals surface area contributed by atoms with Crippen LogP contribution in [0.3, 0.4) is 0 Å². The Labute approximate surface area is 129 Å². The fraction of sp³-hybridized carbons (Fsp3) is 0.684. The Morgan fingerprint density at radius 2 is 1.71 bits per heavy atom. The first kappa shape index (κ1) is 14.9. The van der Waals surface area contributed by atoms with Gasteiger partial charge in [0.05, 0.1) is 0 Å². The average Bonchev–Trinajstić information content (AvgIpc) is 2.91. The fourth-order valence-corrected chi connectivity index (χ4v) is 3.77. The van der Waals surface area contributed by atoms with Crippen LogP contribution < -0.4 is 5.32 Å². The van der Waals surface area contributed by atoms with Crippen molar-refractivity contribution in [3.63, 3.8) is 0 Å². The van der Waals surface area contributed by atoms with Crippen molar-refractivity contribution in [2.45, 2.75) is 64.5 Å². The van der Waals surface area contributed by atoms with Crippen LogP contribution in [0.1, 0.15) is 57.4 Å². The quantitative estimate of drug-likeness (QED) is 0.810. The van der Waals surface area contributed by atoms with Gasteiger partial charge in [0.15, 0.2) is 0 Å². The van der Waals surface area contributed by atoms with Gasteiger partial charge >= 0.3 is 0 Å². The maximum absolute atomic E-state index is 3.75. The van der Waals surface area contributed by atoms with Crippen molar-refractivity contribution in [1.82, 2.24) is 4.90 Å². The third-order valence-electron chi connectivity index (χ3n) is 5.19. The minimum absolute atomic E-state index is 0.680. The summed E-state index contributed by atoms with van der Waals surface area (Å²) in [6.45, 7) is 6.08. The maximum Gasteiger partial charge on any atom is 0.0342 e. The summed E-state index contributed by atoms with van der Waals surface area (Å²) in [5.74, 6) is 0.916. The summed E-state index contributed by atoms with van der Waals surface area (Å²) in [6, 6.07) is 9.85. The molecule has 2 unspecified atom stereocenters. The standard InChI is InChI=1S/C19H30N2/c1-16-5-4-6-18(10-7-16)20-19-11-8-17(9-12-19)15-21-13-2-3-14-21/h8-9,11-12,16,18,20H,2-7,10,13-15H2,1H3. The second-order valence-corrected chi connectivity index (χ2v) is 7.13. The zero-order chi connectivity index (χ0) is 14.5. The molecule has 1 aliphatic carbocycles. The van der Waals surface area contributed by atoms with Gasteiger partial charge < -0.3 is 5.32 Å². The Morgan fingerprint density at radius 3 is 2.48 bits per heavy atom. The molecule has 0 aromatic heterocycles. The van der Waals surface area contributed by atoms with Gasteiger partial charge in [0.1, 0.15) is 0 Å². The van der Waals surface area contributed by atoms with E-state index in [0.29, 0.717) is 6.04 Å². The maximum atomic E-state index is 3.75. The van der Waals surface area contributed by atoms with Crippen molar-refractivity contribution in [2.24, 2.45) is 5.92 Å². The summed E-state index contributed by atoms with van der Waals surface area (Å²) < 4.78 is 0. The zero-order valence-corrected chi connectivity index (χ0v) is 13.5. The van der Waals surface area contributed by atoms with E-state index in [1.54, 1.807) is 0 Å². The smallest absolute Gasteiger partial charge is 0.0342 e. The van der Waals surface area contributed by atoms with Crippen LogP contribution in [0.4, 0.5) is 5.69 Å². The van der Waals surface area contributed by atoms with E-state index in [4.69, 9.17) is 0 Å². The minimum Gasteiger partial charge on any atom is -0.382 e. The predicted molar refractivity (Wildman–Crippen MR) is 90.6 cm³/mol. The van der Waals surface area contributed by atoms with Crippen molar-refractivity contribution < 1.29 is 0 Å². The van der Waals surface area contributed by atoms with Gasteiger partial charge in [0.25, 0.3) is 0 Å². The van der Waals surface area contributed by atoms with E-state index in [1.807, 2.05) is 0 Å². The van der Waals surface area contributed by atoms with Crippen LogP contribution in [-0.4, -0.2) is 24.0 Å². The molecule has 0 amide bonds. The molecule has 0 radical (unpaired) electrons. The van der Waals surface area contributed by atoms with E-state index in [9.17, 15) is 0 Å². The molecule has 1 N–H and O–H groups in total. The molecule has 1 aromatic carbocycles. The van der Waals surface area contributed by atoms with Gasteiger partial charge in [-0.1, -0.05) is 31.9 Å². The summed E-state index contributed by atoms with van der Waals surface area (Å²) in [5.41, 5.74) is 2.76. The Bertz CT molecular complexity index is 420. The molecule has 2 aliphatic rings. The normalized spacial score (nSPS) is 27.5. The lowest BCUT2D eigenvalue weighted by atomic mass is 10.0. The second-order valence-electron chi connectivity index (χ2n) is 7.13. The van der Waals surface area contributed by atoms with Gasteiger partial charge in [0, 0.05) is 18.3 Å². The highest BCUT2D eigenvalue weighted by Gasteiger charge is 2.16. The van der Waals surface area contributed by atoms with Crippen LogP contribution in [0, 0.1) is 5.92 Å². The van der Waals surface area contributed by atoms with E-state index >= 15 is 0 Å². The molecule has 1 saturated carbocycles. The molecule has 0 bridgehead atoms. The number of benzene rings is 1. The molecule has 1 aliphatic heterocycles. The lowest BCUT2D eigenvalue weighted by Gasteiger charge is -2.19. The van der Waals surface area contributed by atoms with E-state index in [1.165, 1.54) is 69.3 Å². The van der Waals surface area contributed by atoms with E-state index in [2.05, 4.69) is 41.4 Å². The molecule has 2 atom stereocenters. The molecule has 2 heteroatoms. The van der Waals surface area contributed by atoms with E-state index in [-0.39, 0.29) is 0 Å². The number of hydrogen-bond donors (Lipinski definition) is 1. The minimum atomic E-state index is 0.680. The van der Waals surface area contributed by atoms with Crippen molar-refractivity contribution >= 4 is 5.69 Å². The van der Waals surface area contributed by atoms with Gasteiger partial charge in [-0.25, -0.2) is 0 Å². The molecule has 1 aromatic rings. The number of anilines is 1. The Balaban J connectivity index is 1.51. The third kappa shape index (κ3) is 4.47. The van der Waals surface area contributed by atoms with Crippen LogP contribution in [0.15, 0.2) is 24.3 Å². The monoisotopic (exact) mass is 286 g/mol. The number of nitrogens with zero attached hydrogens (tertiary/aromatic N) is 1. The topological polar surface area (TPSA) is 15.3 Å². The summed E-state index contributed by atoms with van der Waals surface area (Å²) in [7, 11) is 0. The molecule has 2 nitrogen and oxygen atoms in total. The van der Waals surface area contributed by atoms with Crippen LogP contribution in [0.25, 0.3) is 0 Å². The van der Waals surface area contributed by atoms with Crippen molar-refractivity contribution in [3.05, 3.63) is 29.8 Å². The number of nitrogens with one attached hydrogen (secondary N) is 1. The fourth-order valence-electron chi connectivity index (χ4n) is 3.77. The van der Waals surface area contributed by atoms with Crippen molar-refractivity contribution in [2.75, 3.05) is 18.4 Å². The van der Waals surface area contributed by atoms with Gasteiger partial charge in [-0.15, -0.1) is 0 Å². The first-order valence-electron chi connectivity index (χ1n) is 8.87. The molecular formula is C19H30N2. The highest BCUT2D eigenvalue weighted by molar-refractivity contribution is 5.45. The Morgan fingerprint density at radius 1 is 0.952 bits per heavy atom. The summed E-state index contributed by atoms with van der Waals surface area (Å²) >= 11 is 0. The number of likely N-dealkylation sites (tertiary alicyclic amines) is 1. The molecular weight excluding hydrogens is 256 g/mol. The van der Waals surface area contributed by atoms with Crippen LogP contribution in [0.2, 0.25) is 0 Å². The molecule has 116 valence electrons. The van der Waals surface area contributed by atoms with E-state index in [0.717, 1.165) is 12.5 Å². The SMILES string of the molecule is CC1CCCC(Nc2ccc(CN3CCCC3)cc2)CC1. The molecule has 21 heavy (non-hydrogen) atoms.